The van der Waals surface area contributed by atoms with E-state index >= 15 is 0 Å². The number of amides is 1. The largest absolute Gasteiger partial charge is 0.282 e. The second-order valence-corrected chi connectivity index (χ2v) is 5.65. The van der Waals surface area contributed by atoms with E-state index in [-0.39, 0.29) is 11.9 Å². The monoisotopic (exact) mass is 295 g/mol. The first-order chi connectivity index (χ1) is 10.7. The number of nitrogens with zero attached hydrogens (tertiary/aromatic N) is 2. The summed E-state index contributed by atoms with van der Waals surface area (Å²) in [5.74, 6) is 0.131. The van der Waals surface area contributed by atoms with Crippen molar-refractivity contribution >= 4 is 5.91 Å². The molecule has 2 aromatic carbocycles. The van der Waals surface area contributed by atoms with Gasteiger partial charge in [0.05, 0.1) is 0 Å². The molecule has 0 spiro atoms. The fourth-order valence-corrected chi connectivity index (χ4v) is 2.81. The van der Waals surface area contributed by atoms with Gasteiger partial charge in [0.15, 0.2) is 0 Å². The van der Waals surface area contributed by atoms with Gasteiger partial charge in [-0.25, -0.2) is 5.43 Å². The Bertz CT molecular complexity index is 573. The van der Waals surface area contributed by atoms with Gasteiger partial charge in [0.1, 0.15) is 6.04 Å². The van der Waals surface area contributed by atoms with Crippen molar-refractivity contribution in [1.82, 2.24) is 15.3 Å². The van der Waals surface area contributed by atoms with E-state index in [0.717, 1.165) is 13.1 Å². The first kappa shape index (κ1) is 14.8. The molecule has 0 bridgehead atoms. The molecule has 0 aromatic heterocycles. The number of likely N-dealkylation sites (N-methyl/N-ethyl adjacent to an activating group) is 1. The number of nitrogens with one attached hydrogen (secondary N) is 1. The zero-order valence-electron chi connectivity index (χ0n) is 12.8. The van der Waals surface area contributed by atoms with Crippen LogP contribution in [-0.2, 0) is 17.9 Å². The summed E-state index contributed by atoms with van der Waals surface area (Å²) in [7, 11) is 1.78. The Labute approximate surface area is 131 Å². The Morgan fingerprint density at radius 3 is 1.91 bits per heavy atom. The number of rotatable bonds is 5. The lowest BCUT2D eigenvalue weighted by atomic mass is 10.1. The Morgan fingerprint density at radius 2 is 1.50 bits per heavy atom. The zero-order chi connectivity index (χ0) is 15.4. The fourth-order valence-electron chi connectivity index (χ4n) is 2.81. The highest BCUT2D eigenvalue weighted by Crippen LogP contribution is 2.16. The van der Waals surface area contributed by atoms with Crippen molar-refractivity contribution in [3.8, 4) is 0 Å². The van der Waals surface area contributed by atoms with E-state index in [0.29, 0.717) is 6.54 Å². The predicted molar refractivity (Wildman–Crippen MR) is 86.7 cm³/mol. The molecule has 4 nitrogen and oxygen atoms in total. The minimum absolute atomic E-state index is 0.120. The van der Waals surface area contributed by atoms with E-state index in [1.807, 2.05) is 36.4 Å². The number of hydrogen-bond acceptors (Lipinski definition) is 3. The maximum atomic E-state index is 12.3. The first-order valence-corrected chi connectivity index (χ1v) is 7.57. The van der Waals surface area contributed by atoms with Crippen LogP contribution in [0.15, 0.2) is 60.7 Å². The van der Waals surface area contributed by atoms with Crippen LogP contribution in [0.3, 0.4) is 0 Å². The lowest BCUT2D eigenvalue weighted by Gasteiger charge is -2.27. The van der Waals surface area contributed by atoms with Crippen molar-refractivity contribution in [2.45, 2.75) is 19.1 Å². The molecule has 1 N–H and O–H groups in total. The highest BCUT2D eigenvalue weighted by Gasteiger charge is 2.33. The normalized spacial score (nSPS) is 18.2. The molecule has 1 saturated heterocycles. The van der Waals surface area contributed by atoms with Gasteiger partial charge in [0.25, 0.3) is 5.91 Å². The highest BCUT2D eigenvalue weighted by atomic mass is 16.2. The van der Waals surface area contributed by atoms with Crippen LogP contribution in [-0.4, -0.2) is 35.5 Å². The number of hydrazine groups is 1. The summed E-state index contributed by atoms with van der Waals surface area (Å²) < 4.78 is 0. The molecule has 1 fully saturated rings. The summed E-state index contributed by atoms with van der Waals surface area (Å²) in [4.78, 5) is 14.6. The number of benzene rings is 2. The van der Waals surface area contributed by atoms with Gasteiger partial charge in [-0.05, 0) is 11.1 Å². The highest BCUT2D eigenvalue weighted by molar-refractivity contribution is 5.83. The predicted octanol–water partition coefficient (Wildman–Crippen LogP) is 2.03. The van der Waals surface area contributed by atoms with Crippen LogP contribution < -0.4 is 5.43 Å². The molecule has 3 rings (SSSR count). The number of hydrogen-bond donors (Lipinski definition) is 1. The van der Waals surface area contributed by atoms with E-state index in [2.05, 4.69) is 34.6 Å². The zero-order valence-corrected chi connectivity index (χ0v) is 12.8. The van der Waals surface area contributed by atoms with Gasteiger partial charge in [-0.15, -0.1) is 0 Å². The van der Waals surface area contributed by atoms with Crippen LogP contribution in [0.1, 0.15) is 11.1 Å². The van der Waals surface area contributed by atoms with Gasteiger partial charge in [0, 0.05) is 26.7 Å². The Kier molecular flexibility index (Phi) is 4.51. The van der Waals surface area contributed by atoms with Crippen LogP contribution >= 0.6 is 0 Å². The molecule has 1 aliphatic rings. The van der Waals surface area contributed by atoms with Crippen molar-refractivity contribution in [3.05, 3.63) is 71.8 Å². The average molecular weight is 295 g/mol. The summed E-state index contributed by atoms with van der Waals surface area (Å²) >= 11 is 0. The molecule has 1 aliphatic heterocycles. The van der Waals surface area contributed by atoms with Crippen molar-refractivity contribution < 1.29 is 4.79 Å². The van der Waals surface area contributed by atoms with E-state index in [9.17, 15) is 4.79 Å². The summed E-state index contributed by atoms with van der Waals surface area (Å²) in [6.07, 6.45) is 0. The standard InChI is InChI=1S/C18H21N3O/c1-20-18(22)17(12-19-20)21(13-15-8-4-2-5-9-15)14-16-10-6-3-7-11-16/h2-11,17,19H,12-14H2,1H3. The maximum absolute atomic E-state index is 12.3. The molecule has 0 radical (unpaired) electrons. The van der Waals surface area contributed by atoms with Crippen LogP contribution in [0.5, 0.6) is 0 Å². The number of carbonyl (C=O) groups excluding carboxylic acids is 1. The molecule has 4 heteroatoms. The van der Waals surface area contributed by atoms with Crippen LogP contribution in [0.4, 0.5) is 0 Å². The SMILES string of the molecule is CN1NCC(N(Cc2ccccc2)Cc2ccccc2)C1=O. The van der Waals surface area contributed by atoms with E-state index < -0.39 is 0 Å². The van der Waals surface area contributed by atoms with Gasteiger partial charge in [-0.1, -0.05) is 60.7 Å². The Morgan fingerprint density at radius 1 is 1.00 bits per heavy atom. The second-order valence-electron chi connectivity index (χ2n) is 5.65. The lowest BCUT2D eigenvalue weighted by Crippen LogP contribution is -2.41. The second kappa shape index (κ2) is 6.73. The molecule has 1 heterocycles. The van der Waals surface area contributed by atoms with Crippen molar-refractivity contribution in [2.75, 3.05) is 13.6 Å². The van der Waals surface area contributed by atoms with Crippen molar-refractivity contribution in [3.63, 3.8) is 0 Å². The summed E-state index contributed by atoms with van der Waals surface area (Å²) in [6, 6.07) is 20.5. The number of carbonyl (C=O) groups is 1. The molecule has 1 atom stereocenters. The summed E-state index contributed by atoms with van der Waals surface area (Å²) in [5, 5.41) is 1.59. The molecule has 1 unspecified atom stereocenters. The third-order valence-electron chi connectivity index (χ3n) is 4.04. The minimum atomic E-state index is -0.120. The molecule has 2 aromatic rings. The van der Waals surface area contributed by atoms with Crippen molar-refractivity contribution in [1.29, 1.82) is 0 Å². The van der Waals surface area contributed by atoms with Gasteiger partial charge >= 0.3 is 0 Å². The molecule has 1 amide bonds. The molecular formula is C18H21N3O. The Hall–Kier alpha value is -2.17. The summed E-state index contributed by atoms with van der Waals surface area (Å²) in [6.45, 7) is 2.19. The smallest absolute Gasteiger partial charge is 0.255 e. The van der Waals surface area contributed by atoms with Crippen LogP contribution in [0, 0.1) is 0 Å². The molecule has 22 heavy (non-hydrogen) atoms. The maximum Gasteiger partial charge on any atom is 0.255 e. The van der Waals surface area contributed by atoms with Gasteiger partial charge in [0.2, 0.25) is 0 Å². The van der Waals surface area contributed by atoms with E-state index in [1.165, 1.54) is 11.1 Å². The van der Waals surface area contributed by atoms with Crippen LogP contribution in [0.2, 0.25) is 0 Å². The fraction of sp³-hybridized carbons (Fsp3) is 0.278. The minimum Gasteiger partial charge on any atom is -0.282 e. The third-order valence-corrected chi connectivity index (χ3v) is 4.04. The molecule has 114 valence electrons. The average Bonchev–Trinajstić information content (AvgIpc) is 2.88. The van der Waals surface area contributed by atoms with Crippen LogP contribution in [0.25, 0.3) is 0 Å². The van der Waals surface area contributed by atoms with Crippen molar-refractivity contribution in [2.24, 2.45) is 0 Å². The molecular weight excluding hydrogens is 274 g/mol. The third kappa shape index (κ3) is 3.35. The molecule has 0 saturated carbocycles. The quantitative estimate of drug-likeness (QED) is 0.917. The van der Waals surface area contributed by atoms with E-state index in [1.54, 1.807) is 12.1 Å². The van der Waals surface area contributed by atoms with Gasteiger partial charge < -0.3 is 0 Å². The van der Waals surface area contributed by atoms with Gasteiger partial charge in [-0.3, -0.25) is 14.7 Å². The first-order valence-electron chi connectivity index (χ1n) is 7.57. The lowest BCUT2D eigenvalue weighted by molar-refractivity contribution is -0.132. The molecule has 0 aliphatic carbocycles. The summed E-state index contributed by atoms with van der Waals surface area (Å²) in [5.41, 5.74) is 5.56. The topological polar surface area (TPSA) is 35.6 Å². The van der Waals surface area contributed by atoms with Gasteiger partial charge in [-0.2, -0.15) is 0 Å². The Balaban J connectivity index is 1.80. The van der Waals surface area contributed by atoms with E-state index in [4.69, 9.17) is 0 Å².